The third-order valence-corrected chi connectivity index (χ3v) is 7.08. The molecule has 10 heteroatoms. The number of nitrogens with one attached hydrogen (secondary N) is 2. The normalized spacial score (nSPS) is 18.9. The Kier molecular flexibility index (Phi) is 6.49. The van der Waals surface area contributed by atoms with E-state index in [9.17, 15) is 13.2 Å². The number of amides is 1. The van der Waals surface area contributed by atoms with Gasteiger partial charge in [-0.25, -0.2) is 8.42 Å². The van der Waals surface area contributed by atoms with E-state index in [2.05, 4.69) is 15.2 Å². The van der Waals surface area contributed by atoms with Crippen LogP contribution < -0.4 is 5.32 Å². The monoisotopic (exact) mass is 434 g/mol. The number of aromatic nitrogens is 1. The predicted molar refractivity (Wildman–Crippen MR) is 111 cm³/mol. The molecular weight excluding hydrogens is 408 g/mol. The van der Waals surface area contributed by atoms with E-state index in [1.165, 1.54) is 16.6 Å². The van der Waals surface area contributed by atoms with Crippen molar-refractivity contribution in [1.29, 1.82) is 0 Å². The highest BCUT2D eigenvalue weighted by Gasteiger charge is 2.28. The van der Waals surface area contributed by atoms with E-state index in [4.69, 9.17) is 9.47 Å². The molecule has 0 spiro atoms. The van der Waals surface area contributed by atoms with Crippen molar-refractivity contribution in [1.82, 2.24) is 14.2 Å². The molecule has 0 atom stereocenters. The summed E-state index contributed by atoms with van der Waals surface area (Å²) in [6.45, 7) is 5.40. The first kappa shape index (κ1) is 21.0. The fourth-order valence-corrected chi connectivity index (χ4v) is 4.96. The average molecular weight is 435 g/mol. The van der Waals surface area contributed by atoms with Crippen molar-refractivity contribution in [2.75, 3.05) is 57.9 Å². The van der Waals surface area contributed by atoms with Crippen LogP contribution in [-0.2, 0) is 26.0 Å². The maximum atomic E-state index is 12.7. The van der Waals surface area contributed by atoms with Crippen LogP contribution in [0.25, 0.3) is 0 Å². The van der Waals surface area contributed by atoms with Crippen molar-refractivity contribution >= 4 is 21.6 Å². The first-order valence-corrected chi connectivity index (χ1v) is 11.4. The second-order valence-electron chi connectivity index (χ2n) is 7.31. The lowest BCUT2D eigenvalue weighted by molar-refractivity contribution is 0.0342. The number of ether oxygens (including phenoxy) is 2. The lowest BCUT2D eigenvalue weighted by atomic mass is 10.1. The number of carbonyl (C=O) groups is 1. The van der Waals surface area contributed by atoms with E-state index < -0.39 is 10.0 Å². The van der Waals surface area contributed by atoms with Crippen molar-refractivity contribution in [3.8, 4) is 0 Å². The molecule has 2 aromatic rings. The number of anilines is 1. The minimum atomic E-state index is -3.64. The molecule has 3 heterocycles. The lowest BCUT2D eigenvalue weighted by Gasteiger charge is -2.26. The molecule has 0 radical (unpaired) electrons. The minimum absolute atomic E-state index is 0.0793. The molecule has 2 fully saturated rings. The van der Waals surface area contributed by atoms with Gasteiger partial charge in [0, 0.05) is 44.6 Å². The third kappa shape index (κ3) is 4.90. The zero-order valence-corrected chi connectivity index (χ0v) is 17.5. The van der Waals surface area contributed by atoms with Gasteiger partial charge in [-0.15, -0.1) is 0 Å². The highest BCUT2D eigenvalue weighted by molar-refractivity contribution is 7.89. The molecule has 1 aromatic heterocycles. The molecule has 1 aromatic carbocycles. The maximum Gasteiger partial charge on any atom is 0.272 e. The number of hydrogen-bond acceptors (Lipinski definition) is 6. The number of carbonyl (C=O) groups excluding carboxylic acids is 1. The maximum absolute atomic E-state index is 12.7. The van der Waals surface area contributed by atoms with E-state index in [0.717, 1.165) is 38.4 Å². The quantitative estimate of drug-likeness (QED) is 0.706. The van der Waals surface area contributed by atoms with Crippen molar-refractivity contribution in [2.45, 2.75) is 11.4 Å². The van der Waals surface area contributed by atoms with Crippen molar-refractivity contribution < 1.29 is 22.7 Å². The van der Waals surface area contributed by atoms with Crippen LogP contribution in [0, 0.1) is 0 Å². The van der Waals surface area contributed by atoms with Crippen LogP contribution in [-0.4, -0.2) is 81.1 Å². The van der Waals surface area contributed by atoms with E-state index in [1.807, 2.05) is 24.3 Å². The standard InChI is InChI=1S/C20H26N4O5S/c25-20(19-13-18(14-21-19)30(26,27)24-6-10-29-11-7-24)22-17-3-1-2-16(12-17)15-23-4-8-28-9-5-23/h1-3,12-14,21H,4-11,15H2,(H,22,25). The van der Waals surface area contributed by atoms with Gasteiger partial charge in [-0.2, -0.15) is 4.31 Å². The number of hydrogen-bond donors (Lipinski definition) is 2. The summed E-state index contributed by atoms with van der Waals surface area (Å²) in [6.07, 6.45) is 1.36. The van der Waals surface area contributed by atoms with Crippen LogP contribution >= 0.6 is 0 Å². The van der Waals surface area contributed by atoms with Gasteiger partial charge < -0.3 is 19.8 Å². The van der Waals surface area contributed by atoms with E-state index >= 15 is 0 Å². The first-order chi connectivity index (χ1) is 14.5. The van der Waals surface area contributed by atoms with Crippen LogP contribution in [0.5, 0.6) is 0 Å². The number of rotatable bonds is 6. The van der Waals surface area contributed by atoms with Crippen molar-refractivity contribution in [2.24, 2.45) is 0 Å². The predicted octanol–water partition coefficient (Wildman–Crippen LogP) is 1.12. The largest absolute Gasteiger partial charge is 0.379 e. The molecule has 2 aliphatic heterocycles. The Bertz CT molecular complexity index is 979. The molecule has 0 saturated carbocycles. The number of H-pyrrole nitrogens is 1. The van der Waals surface area contributed by atoms with E-state index in [1.54, 1.807) is 0 Å². The highest BCUT2D eigenvalue weighted by atomic mass is 32.2. The molecule has 0 unspecified atom stereocenters. The molecule has 2 N–H and O–H groups in total. The molecule has 30 heavy (non-hydrogen) atoms. The molecule has 4 rings (SSSR count). The number of nitrogens with zero attached hydrogens (tertiary/aromatic N) is 2. The van der Waals surface area contributed by atoms with Crippen LogP contribution in [0.1, 0.15) is 16.1 Å². The van der Waals surface area contributed by atoms with Gasteiger partial charge >= 0.3 is 0 Å². The summed E-state index contributed by atoms with van der Waals surface area (Å²) in [6, 6.07) is 9.04. The molecule has 0 aliphatic carbocycles. The molecule has 1 amide bonds. The zero-order valence-electron chi connectivity index (χ0n) is 16.7. The summed E-state index contributed by atoms with van der Waals surface area (Å²) in [5, 5.41) is 2.84. The summed E-state index contributed by atoms with van der Waals surface area (Å²) in [5.41, 5.74) is 1.95. The smallest absolute Gasteiger partial charge is 0.272 e. The van der Waals surface area contributed by atoms with Gasteiger partial charge in [-0.1, -0.05) is 12.1 Å². The molecule has 2 aliphatic rings. The Morgan fingerprint density at radius 1 is 1.03 bits per heavy atom. The summed E-state index contributed by atoms with van der Waals surface area (Å²) < 4.78 is 37.4. The van der Waals surface area contributed by atoms with Gasteiger partial charge in [0.15, 0.2) is 0 Å². The van der Waals surface area contributed by atoms with Crippen LogP contribution in [0.2, 0.25) is 0 Å². The minimum Gasteiger partial charge on any atom is -0.379 e. The Hall–Kier alpha value is -2.24. The Labute approximate surface area is 176 Å². The summed E-state index contributed by atoms with van der Waals surface area (Å²) >= 11 is 0. The van der Waals surface area contributed by atoms with E-state index in [0.29, 0.717) is 32.0 Å². The topological polar surface area (TPSA) is 104 Å². The highest BCUT2D eigenvalue weighted by Crippen LogP contribution is 2.19. The Morgan fingerprint density at radius 3 is 2.47 bits per heavy atom. The van der Waals surface area contributed by atoms with Crippen LogP contribution in [0.15, 0.2) is 41.4 Å². The van der Waals surface area contributed by atoms with Gasteiger partial charge in [0.05, 0.1) is 26.4 Å². The Balaban J connectivity index is 1.41. The lowest BCUT2D eigenvalue weighted by Crippen LogP contribution is -2.40. The average Bonchev–Trinajstić information content (AvgIpc) is 3.27. The fraction of sp³-hybridized carbons (Fsp3) is 0.450. The van der Waals surface area contributed by atoms with Crippen molar-refractivity contribution in [3.05, 3.63) is 47.8 Å². The van der Waals surface area contributed by atoms with Gasteiger partial charge in [0.25, 0.3) is 5.91 Å². The third-order valence-electron chi connectivity index (χ3n) is 5.20. The molecule has 9 nitrogen and oxygen atoms in total. The summed E-state index contributed by atoms with van der Waals surface area (Å²) in [7, 11) is -3.64. The van der Waals surface area contributed by atoms with Gasteiger partial charge in [-0.05, 0) is 23.8 Å². The van der Waals surface area contributed by atoms with Crippen LogP contribution in [0.4, 0.5) is 5.69 Å². The van der Waals surface area contributed by atoms with Gasteiger partial charge in [0.1, 0.15) is 10.6 Å². The first-order valence-electron chi connectivity index (χ1n) is 9.99. The second-order valence-corrected chi connectivity index (χ2v) is 9.25. The SMILES string of the molecule is O=C(Nc1cccc(CN2CCOCC2)c1)c1cc(S(=O)(=O)N2CCOCC2)c[nH]1. The molecular formula is C20H26N4O5S. The van der Waals surface area contributed by atoms with E-state index in [-0.39, 0.29) is 16.5 Å². The molecule has 0 bridgehead atoms. The van der Waals surface area contributed by atoms with Gasteiger partial charge in [0.2, 0.25) is 10.0 Å². The fourth-order valence-electron chi connectivity index (χ4n) is 3.55. The number of benzene rings is 1. The van der Waals surface area contributed by atoms with Crippen LogP contribution in [0.3, 0.4) is 0 Å². The number of sulfonamides is 1. The number of aromatic amines is 1. The second kappa shape index (κ2) is 9.27. The van der Waals surface area contributed by atoms with Gasteiger partial charge in [-0.3, -0.25) is 9.69 Å². The Morgan fingerprint density at radius 2 is 1.73 bits per heavy atom. The number of morpholine rings is 2. The summed E-state index contributed by atoms with van der Waals surface area (Å²) in [4.78, 5) is 17.8. The summed E-state index contributed by atoms with van der Waals surface area (Å²) in [5.74, 6) is -0.387. The molecule has 162 valence electrons. The molecule has 2 saturated heterocycles. The van der Waals surface area contributed by atoms with Crippen molar-refractivity contribution in [3.63, 3.8) is 0 Å². The zero-order chi connectivity index (χ0) is 21.0.